The molecule has 3 rings (SSSR count). The Morgan fingerprint density at radius 3 is 2.44 bits per heavy atom. The van der Waals surface area contributed by atoms with E-state index in [0.717, 1.165) is 57.1 Å². The predicted octanol–water partition coefficient (Wildman–Crippen LogP) is 2.68. The van der Waals surface area contributed by atoms with Gasteiger partial charge in [0.15, 0.2) is 5.96 Å². The minimum atomic E-state index is -0.119. The summed E-state index contributed by atoms with van der Waals surface area (Å²) in [7, 11) is 2.00. The van der Waals surface area contributed by atoms with Crippen LogP contribution in [0.5, 0.6) is 0 Å². The molecule has 7 nitrogen and oxygen atoms in total. The van der Waals surface area contributed by atoms with Gasteiger partial charge in [0, 0.05) is 45.0 Å². The number of nitrogens with one attached hydrogen (secondary N) is 2. The quantitative estimate of drug-likeness (QED) is 0.435. The lowest BCUT2D eigenvalue weighted by molar-refractivity contribution is 0.0792. The van der Waals surface area contributed by atoms with E-state index in [1.165, 1.54) is 22.4 Å². The number of likely N-dealkylation sites (tertiary alicyclic amines) is 1. The monoisotopic (exact) mass is 440 g/mol. The molecule has 0 saturated carbocycles. The number of aliphatic hydroxyl groups is 1. The molecule has 1 aliphatic heterocycles. The first-order valence-electron chi connectivity index (χ1n) is 11.9. The summed E-state index contributed by atoms with van der Waals surface area (Å²) in [5.41, 5.74) is 6.14. The molecule has 1 aromatic carbocycles. The molecule has 0 spiro atoms. The number of piperidine rings is 1. The molecule has 0 radical (unpaired) electrons. The fourth-order valence-electron chi connectivity index (χ4n) is 4.28. The second kappa shape index (κ2) is 11.5. The van der Waals surface area contributed by atoms with Gasteiger partial charge in [0.2, 0.25) is 0 Å². The van der Waals surface area contributed by atoms with Crippen LogP contribution in [-0.2, 0) is 26.6 Å². The highest BCUT2D eigenvalue weighted by molar-refractivity contribution is 5.80. The van der Waals surface area contributed by atoms with Crippen molar-refractivity contribution in [3.05, 3.63) is 52.3 Å². The Bertz CT molecular complexity index is 881. The van der Waals surface area contributed by atoms with Gasteiger partial charge in [-0.3, -0.25) is 9.58 Å². The van der Waals surface area contributed by atoms with Crippen molar-refractivity contribution in [2.45, 2.75) is 72.2 Å². The molecule has 0 aliphatic carbocycles. The van der Waals surface area contributed by atoms with Crippen molar-refractivity contribution in [1.82, 2.24) is 25.3 Å². The Labute approximate surface area is 192 Å². The van der Waals surface area contributed by atoms with Crippen LogP contribution < -0.4 is 10.6 Å². The number of hydrogen-bond acceptors (Lipinski definition) is 4. The average Bonchev–Trinajstić information content (AvgIpc) is 3.00. The van der Waals surface area contributed by atoms with Crippen molar-refractivity contribution in [1.29, 1.82) is 0 Å². The van der Waals surface area contributed by atoms with Crippen LogP contribution in [0.1, 0.15) is 54.8 Å². The summed E-state index contributed by atoms with van der Waals surface area (Å²) in [6.07, 6.45) is 2.56. The zero-order chi connectivity index (χ0) is 23.1. The maximum atomic E-state index is 9.67. The summed E-state index contributed by atoms with van der Waals surface area (Å²) < 4.78 is 1.95. The first-order chi connectivity index (χ1) is 15.4. The molecule has 3 N–H and O–H groups in total. The lowest BCUT2D eigenvalue weighted by Gasteiger charge is -2.29. The number of aliphatic imine (C=N–C) groups is 1. The Kier molecular flexibility index (Phi) is 8.70. The van der Waals surface area contributed by atoms with E-state index in [-0.39, 0.29) is 12.1 Å². The van der Waals surface area contributed by atoms with Crippen molar-refractivity contribution in [3.63, 3.8) is 0 Å². The SMILES string of the molecule is CCNC(=NCc1ccc(CN2CCC(O)CC2)cc1)NC(C)Cc1c(C)nn(C)c1C. The summed E-state index contributed by atoms with van der Waals surface area (Å²) >= 11 is 0. The molecule has 0 amide bonds. The molecule has 1 aliphatic rings. The number of aliphatic hydroxyl groups excluding tert-OH is 1. The van der Waals surface area contributed by atoms with Gasteiger partial charge >= 0.3 is 0 Å². The molecular weight excluding hydrogens is 400 g/mol. The third-order valence-electron chi connectivity index (χ3n) is 6.30. The van der Waals surface area contributed by atoms with Gasteiger partial charge in [0.05, 0.1) is 18.3 Å². The lowest BCUT2D eigenvalue weighted by Crippen LogP contribution is -2.43. The first kappa shape index (κ1) is 24.3. The van der Waals surface area contributed by atoms with Gasteiger partial charge in [0.25, 0.3) is 0 Å². The van der Waals surface area contributed by atoms with Crippen LogP contribution in [0.25, 0.3) is 0 Å². The Hall–Kier alpha value is -2.38. The Balaban J connectivity index is 1.54. The van der Waals surface area contributed by atoms with Crippen LogP contribution in [0.4, 0.5) is 0 Å². The van der Waals surface area contributed by atoms with Gasteiger partial charge in [-0.15, -0.1) is 0 Å². The van der Waals surface area contributed by atoms with Crippen molar-refractivity contribution in [2.75, 3.05) is 19.6 Å². The smallest absolute Gasteiger partial charge is 0.191 e. The third kappa shape index (κ3) is 6.81. The second-order valence-corrected chi connectivity index (χ2v) is 9.04. The summed E-state index contributed by atoms with van der Waals surface area (Å²) in [5, 5.41) is 21.1. The van der Waals surface area contributed by atoms with E-state index in [4.69, 9.17) is 4.99 Å². The van der Waals surface area contributed by atoms with Gasteiger partial charge in [-0.25, -0.2) is 4.99 Å². The number of aryl methyl sites for hydroxylation is 2. The number of hydrogen-bond donors (Lipinski definition) is 3. The standard InChI is InChI=1S/C25H40N6O/c1-6-26-25(28-18(2)15-24-19(3)29-30(5)20(24)4)27-16-21-7-9-22(10-8-21)17-31-13-11-23(32)12-14-31/h7-10,18,23,32H,6,11-17H2,1-5H3,(H2,26,27,28). The summed E-state index contributed by atoms with van der Waals surface area (Å²) in [4.78, 5) is 7.22. The average molecular weight is 441 g/mol. The minimum absolute atomic E-state index is 0.119. The third-order valence-corrected chi connectivity index (χ3v) is 6.30. The molecule has 7 heteroatoms. The number of rotatable bonds is 8. The zero-order valence-corrected chi connectivity index (χ0v) is 20.4. The van der Waals surface area contributed by atoms with E-state index < -0.39 is 0 Å². The molecule has 176 valence electrons. The van der Waals surface area contributed by atoms with Gasteiger partial charge in [-0.05, 0) is 63.6 Å². The number of nitrogens with zero attached hydrogens (tertiary/aromatic N) is 4. The van der Waals surface area contributed by atoms with E-state index in [1.807, 2.05) is 11.7 Å². The van der Waals surface area contributed by atoms with Crippen LogP contribution in [0, 0.1) is 13.8 Å². The van der Waals surface area contributed by atoms with E-state index in [0.29, 0.717) is 6.54 Å². The van der Waals surface area contributed by atoms with E-state index in [2.05, 4.69) is 72.6 Å². The van der Waals surface area contributed by atoms with Crippen molar-refractivity contribution in [3.8, 4) is 0 Å². The van der Waals surface area contributed by atoms with Crippen molar-refractivity contribution in [2.24, 2.45) is 12.0 Å². The highest BCUT2D eigenvalue weighted by Gasteiger charge is 2.17. The van der Waals surface area contributed by atoms with E-state index in [9.17, 15) is 5.11 Å². The maximum Gasteiger partial charge on any atom is 0.191 e. The summed E-state index contributed by atoms with van der Waals surface area (Å²) in [6.45, 7) is 12.8. The van der Waals surface area contributed by atoms with Crippen LogP contribution in [0.2, 0.25) is 0 Å². The van der Waals surface area contributed by atoms with Crippen LogP contribution in [0.15, 0.2) is 29.3 Å². The molecule has 0 bridgehead atoms. The lowest BCUT2D eigenvalue weighted by atomic mass is 10.1. The first-order valence-corrected chi connectivity index (χ1v) is 11.9. The Morgan fingerprint density at radius 2 is 1.84 bits per heavy atom. The van der Waals surface area contributed by atoms with Crippen LogP contribution in [-0.4, -0.2) is 57.5 Å². The molecule has 32 heavy (non-hydrogen) atoms. The van der Waals surface area contributed by atoms with Crippen LogP contribution >= 0.6 is 0 Å². The topological polar surface area (TPSA) is 77.7 Å². The van der Waals surface area contributed by atoms with Gasteiger partial charge in [0.1, 0.15) is 0 Å². The minimum Gasteiger partial charge on any atom is -0.393 e. The highest BCUT2D eigenvalue weighted by atomic mass is 16.3. The number of aromatic nitrogens is 2. The maximum absolute atomic E-state index is 9.67. The molecule has 1 atom stereocenters. The van der Waals surface area contributed by atoms with E-state index in [1.54, 1.807) is 0 Å². The fourth-order valence-corrected chi connectivity index (χ4v) is 4.28. The number of benzene rings is 1. The fraction of sp³-hybridized carbons (Fsp3) is 0.600. The van der Waals surface area contributed by atoms with Gasteiger partial charge < -0.3 is 15.7 Å². The van der Waals surface area contributed by atoms with Crippen molar-refractivity contribution < 1.29 is 5.11 Å². The molecule has 1 saturated heterocycles. The predicted molar refractivity (Wildman–Crippen MR) is 131 cm³/mol. The molecule has 1 fully saturated rings. The van der Waals surface area contributed by atoms with Gasteiger partial charge in [-0.2, -0.15) is 5.10 Å². The normalized spacial score (nSPS) is 16.9. The van der Waals surface area contributed by atoms with E-state index >= 15 is 0 Å². The second-order valence-electron chi connectivity index (χ2n) is 9.04. The highest BCUT2D eigenvalue weighted by Crippen LogP contribution is 2.15. The largest absolute Gasteiger partial charge is 0.393 e. The van der Waals surface area contributed by atoms with Gasteiger partial charge in [-0.1, -0.05) is 24.3 Å². The molecule has 1 aromatic heterocycles. The number of guanidine groups is 1. The molecular formula is C25H40N6O. The molecule has 2 heterocycles. The molecule has 1 unspecified atom stereocenters. The zero-order valence-electron chi connectivity index (χ0n) is 20.4. The summed E-state index contributed by atoms with van der Waals surface area (Å²) in [5.74, 6) is 0.843. The molecule has 2 aromatic rings. The Morgan fingerprint density at radius 1 is 1.19 bits per heavy atom. The van der Waals surface area contributed by atoms with Crippen molar-refractivity contribution >= 4 is 5.96 Å². The summed E-state index contributed by atoms with van der Waals surface area (Å²) in [6, 6.07) is 9.00. The van der Waals surface area contributed by atoms with Crippen LogP contribution in [0.3, 0.4) is 0 Å².